The highest BCUT2D eigenvalue weighted by atomic mass is 32.1. The molecule has 0 radical (unpaired) electrons. The minimum Gasteiger partial charge on any atom is -0.393 e. The number of carbonyl (C=O) groups is 1. The molecule has 1 heterocycles. The lowest BCUT2D eigenvalue weighted by atomic mass is 10.1. The van der Waals surface area contributed by atoms with Gasteiger partial charge >= 0.3 is 0 Å². The highest BCUT2D eigenvalue weighted by Crippen LogP contribution is 2.22. The molecule has 0 bridgehead atoms. The van der Waals surface area contributed by atoms with E-state index in [0.29, 0.717) is 4.88 Å². The van der Waals surface area contributed by atoms with E-state index < -0.39 is 5.60 Å². The van der Waals surface area contributed by atoms with Crippen LogP contribution in [-0.4, -0.2) is 34.9 Å². The van der Waals surface area contributed by atoms with E-state index in [1.807, 2.05) is 13.0 Å². The molecular formula is C13H21NO3S. The molecule has 0 saturated carbocycles. The molecule has 4 nitrogen and oxygen atoms in total. The predicted molar refractivity (Wildman–Crippen MR) is 73.1 cm³/mol. The number of hydrogen-bond acceptors (Lipinski definition) is 4. The van der Waals surface area contributed by atoms with Crippen LogP contribution in [0, 0.1) is 6.92 Å². The topological polar surface area (TPSA) is 69.6 Å². The maximum atomic E-state index is 11.9. The molecule has 1 aromatic heterocycles. The normalized spacial score (nSPS) is 14.3. The van der Waals surface area contributed by atoms with E-state index in [-0.39, 0.29) is 19.1 Å². The minimum atomic E-state index is -1.27. The van der Waals surface area contributed by atoms with Gasteiger partial charge in [0.1, 0.15) is 5.60 Å². The van der Waals surface area contributed by atoms with Gasteiger partial charge in [-0.25, -0.2) is 0 Å². The Kier molecular flexibility index (Phi) is 5.31. The van der Waals surface area contributed by atoms with Crippen LogP contribution in [0.5, 0.6) is 0 Å². The maximum Gasteiger partial charge on any atom is 0.261 e. The molecule has 1 aromatic rings. The summed E-state index contributed by atoms with van der Waals surface area (Å²) in [4.78, 5) is 13.7. The third-order valence-electron chi connectivity index (χ3n) is 2.73. The Hall–Kier alpha value is -0.910. The van der Waals surface area contributed by atoms with Crippen LogP contribution < -0.4 is 5.32 Å². The molecule has 0 aromatic carbocycles. The summed E-state index contributed by atoms with van der Waals surface area (Å²) in [6, 6.07) is 1.91. The van der Waals surface area contributed by atoms with Crippen LogP contribution in [0.15, 0.2) is 6.07 Å². The number of thiophene rings is 1. The summed E-state index contributed by atoms with van der Waals surface area (Å²) in [5.74, 6) is -0.195. The fourth-order valence-electron chi connectivity index (χ4n) is 1.56. The van der Waals surface area contributed by atoms with Crippen molar-refractivity contribution in [2.24, 2.45) is 0 Å². The Morgan fingerprint density at radius 2 is 2.22 bits per heavy atom. The lowest BCUT2D eigenvalue weighted by molar-refractivity contribution is 0.00323. The zero-order valence-corrected chi connectivity index (χ0v) is 11.9. The molecule has 18 heavy (non-hydrogen) atoms. The Morgan fingerprint density at radius 3 is 2.78 bits per heavy atom. The number of rotatable bonds is 6. The van der Waals surface area contributed by atoms with Crippen molar-refractivity contribution in [3.8, 4) is 0 Å². The molecular weight excluding hydrogens is 250 g/mol. The van der Waals surface area contributed by atoms with Gasteiger partial charge in [-0.15, -0.1) is 11.3 Å². The van der Waals surface area contributed by atoms with Crippen LogP contribution >= 0.6 is 11.3 Å². The number of aliphatic hydroxyl groups is 2. The van der Waals surface area contributed by atoms with Gasteiger partial charge in [0.2, 0.25) is 0 Å². The average molecular weight is 271 g/mol. The molecule has 102 valence electrons. The van der Waals surface area contributed by atoms with Gasteiger partial charge in [0.15, 0.2) is 0 Å². The number of aryl methyl sites for hydroxylation is 2. The quantitative estimate of drug-likeness (QED) is 0.734. The van der Waals surface area contributed by atoms with Crippen molar-refractivity contribution in [2.75, 3.05) is 13.2 Å². The molecule has 1 amide bonds. The van der Waals surface area contributed by atoms with Crippen molar-refractivity contribution in [1.29, 1.82) is 0 Å². The van der Waals surface area contributed by atoms with Crippen molar-refractivity contribution in [1.82, 2.24) is 5.32 Å². The first-order chi connectivity index (χ1) is 8.39. The summed E-state index contributed by atoms with van der Waals surface area (Å²) in [5.41, 5.74) is -0.0598. The molecule has 5 heteroatoms. The van der Waals surface area contributed by atoms with Crippen molar-refractivity contribution >= 4 is 17.2 Å². The molecule has 0 aliphatic heterocycles. The van der Waals surface area contributed by atoms with E-state index in [1.165, 1.54) is 23.8 Å². The van der Waals surface area contributed by atoms with Gasteiger partial charge in [0.25, 0.3) is 5.91 Å². The smallest absolute Gasteiger partial charge is 0.261 e. The highest BCUT2D eigenvalue weighted by molar-refractivity contribution is 7.14. The Balaban J connectivity index is 2.64. The van der Waals surface area contributed by atoms with Crippen molar-refractivity contribution in [3.63, 3.8) is 0 Å². The Morgan fingerprint density at radius 1 is 1.56 bits per heavy atom. The molecule has 0 saturated heterocycles. The average Bonchev–Trinajstić information content (AvgIpc) is 2.69. The molecule has 0 aliphatic carbocycles. The summed E-state index contributed by atoms with van der Waals surface area (Å²) in [5, 5.41) is 21.1. The van der Waals surface area contributed by atoms with Gasteiger partial charge in [-0.05, 0) is 31.9 Å². The first-order valence-electron chi connectivity index (χ1n) is 6.10. The second-order valence-electron chi connectivity index (χ2n) is 4.78. The molecule has 0 fully saturated rings. The number of nitrogens with one attached hydrogen (secondary N) is 1. The van der Waals surface area contributed by atoms with Crippen LogP contribution in [0.25, 0.3) is 0 Å². The fourth-order valence-corrected chi connectivity index (χ4v) is 2.55. The lowest BCUT2D eigenvalue weighted by Crippen LogP contribution is -2.43. The van der Waals surface area contributed by atoms with Gasteiger partial charge in [-0.2, -0.15) is 0 Å². The Labute approximate surface area is 112 Å². The summed E-state index contributed by atoms with van der Waals surface area (Å²) in [7, 11) is 0. The van der Waals surface area contributed by atoms with Crippen LogP contribution in [0.1, 0.15) is 40.4 Å². The fraction of sp³-hybridized carbons (Fsp3) is 0.615. The number of aliphatic hydroxyl groups excluding tert-OH is 1. The predicted octanol–water partition coefficient (Wildman–Crippen LogP) is 1.48. The molecule has 1 atom stereocenters. The van der Waals surface area contributed by atoms with Crippen LogP contribution in [0.4, 0.5) is 0 Å². The highest BCUT2D eigenvalue weighted by Gasteiger charge is 2.21. The largest absolute Gasteiger partial charge is 0.393 e. The minimum absolute atomic E-state index is 0.0440. The second-order valence-corrected chi connectivity index (χ2v) is 6.04. The maximum absolute atomic E-state index is 11.9. The number of amides is 1. The SMILES string of the molecule is CCCc1cc(C(=O)NCC(C)(O)CO)sc1C. The van der Waals surface area contributed by atoms with Gasteiger partial charge in [-0.1, -0.05) is 13.3 Å². The molecule has 0 spiro atoms. The van der Waals surface area contributed by atoms with E-state index in [1.54, 1.807) is 0 Å². The third-order valence-corrected chi connectivity index (χ3v) is 3.83. The number of hydrogen-bond donors (Lipinski definition) is 3. The van der Waals surface area contributed by atoms with Gasteiger partial charge < -0.3 is 15.5 Å². The van der Waals surface area contributed by atoms with Gasteiger partial charge in [0.05, 0.1) is 11.5 Å². The summed E-state index contributed by atoms with van der Waals surface area (Å²) >= 11 is 1.46. The zero-order valence-electron chi connectivity index (χ0n) is 11.1. The zero-order chi connectivity index (χ0) is 13.8. The van der Waals surface area contributed by atoms with E-state index in [2.05, 4.69) is 12.2 Å². The lowest BCUT2D eigenvalue weighted by Gasteiger charge is -2.20. The molecule has 3 N–H and O–H groups in total. The van der Waals surface area contributed by atoms with Crippen molar-refractivity contribution in [2.45, 2.75) is 39.2 Å². The molecule has 1 unspecified atom stereocenters. The van der Waals surface area contributed by atoms with Crippen molar-refractivity contribution < 1.29 is 15.0 Å². The van der Waals surface area contributed by atoms with Crippen LogP contribution in [0.3, 0.4) is 0 Å². The Bertz CT molecular complexity index is 412. The van der Waals surface area contributed by atoms with Crippen LogP contribution in [-0.2, 0) is 6.42 Å². The standard InChI is InChI=1S/C13H21NO3S/c1-4-5-10-6-11(18-9(10)2)12(16)14-7-13(3,17)8-15/h6,15,17H,4-5,7-8H2,1-3H3,(H,14,16). The van der Waals surface area contributed by atoms with Crippen LogP contribution in [0.2, 0.25) is 0 Å². The first-order valence-corrected chi connectivity index (χ1v) is 6.92. The number of carbonyl (C=O) groups excluding carboxylic acids is 1. The van der Waals surface area contributed by atoms with Crippen molar-refractivity contribution in [3.05, 3.63) is 21.4 Å². The first kappa shape index (κ1) is 15.1. The van der Waals surface area contributed by atoms with E-state index in [9.17, 15) is 9.90 Å². The summed E-state index contributed by atoms with van der Waals surface area (Å²) in [6.07, 6.45) is 2.03. The van der Waals surface area contributed by atoms with E-state index in [0.717, 1.165) is 17.7 Å². The van der Waals surface area contributed by atoms with E-state index >= 15 is 0 Å². The van der Waals surface area contributed by atoms with E-state index in [4.69, 9.17) is 5.11 Å². The third kappa shape index (κ3) is 4.08. The summed E-state index contributed by atoms with van der Waals surface area (Å²) < 4.78 is 0. The van der Waals surface area contributed by atoms with Gasteiger partial charge in [0, 0.05) is 11.4 Å². The van der Waals surface area contributed by atoms with Gasteiger partial charge in [-0.3, -0.25) is 4.79 Å². The second kappa shape index (κ2) is 6.31. The molecule has 0 aliphatic rings. The summed E-state index contributed by atoms with van der Waals surface area (Å²) in [6.45, 7) is 5.27. The molecule has 1 rings (SSSR count). The monoisotopic (exact) mass is 271 g/mol.